The molecule has 0 amide bonds. The lowest BCUT2D eigenvalue weighted by atomic mass is 10.1. The Kier molecular flexibility index (Phi) is 5.23. The van der Waals surface area contributed by atoms with Gasteiger partial charge in [0.1, 0.15) is 0 Å². The summed E-state index contributed by atoms with van der Waals surface area (Å²) < 4.78 is 1.53. The number of rotatable bonds is 7. The second-order valence-electron chi connectivity index (χ2n) is 5.22. The molecule has 1 aromatic rings. The number of aliphatic hydroxyl groups excluding tert-OH is 3. The number of aliphatic carboxylic acids is 1. The molecule has 118 valence electrons. The average molecular weight is 300 g/mol. The maximum absolute atomic E-state index is 10.4. The third kappa shape index (κ3) is 3.97. The fourth-order valence-electron chi connectivity index (χ4n) is 2.43. The predicted molar refractivity (Wildman–Crippen MR) is 70.4 cm³/mol. The summed E-state index contributed by atoms with van der Waals surface area (Å²) in [5, 5.41) is 48.0. The topological polar surface area (TPSA) is 141 Å². The van der Waals surface area contributed by atoms with Crippen molar-refractivity contribution in [1.29, 1.82) is 0 Å². The number of carbonyl (C=O) groups is 1. The number of carboxylic acid groups (broad SMARTS) is 1. The largest absolute Gasteiger partial charge is 0.481 e. The number of aromatic nitrogens is 3. The molecule has 0 aliphatic carbocycles. The third-order valence-corrected chi connectivity index (χ3v) is 3.59. The van der Waals surface area contributed by atoms with Crippen LogP contribution in [0.2, 0.25) is 0 Å². The minimum Gasteiger partial charge on any atom is -0.481 e. The summed E-state index contributed by atoms with van der Waals surface area (Å²) in [6.45, 7) is 0.0488. The molecule has 0 saturated carbocycles. The van der Waals surface area contributed by atoms with E-state index in [9.17, 15) is 15.0 Å². The number of aryl methyl sites for hydroxylation is 1. The van der Waals surface area contributed by atoms with Gasteiger partial charge in [0.25, 0.3) is 0 Å². The van der Waals surface area contributed by atoms with Crippen molar-refractivity contribution in [1.82, 2.24) is 20.3 Å². The van der Waals surface area contributed by atoms with Crippen LogP contribution in [0.15, 0.2) is 6.20 Å². The standard InChI is InChI=1S/C12H20N4O5/c17-6-9-12(21)11(20)8(13-9)5-16-4-7(14-15-16)2-1-3-10(18)19/h4,8-9,11-13,17,20-21H,1-3,5-6H2,(H,18,19)/t8-,9-,11-,12-/m1/s1. The Hall–Kier alpha value is -1.55. The lowest BCUT2D eigenvalue weighted by molar-refractivity contribution is -0.137. The predicted octanol–water partition coefficient (Wildman–Crippen LogP) is -2.26. The van der Waals surface area contributed by atoms with E-state index in [1.54, 1.807) is 6.20 Å². The summed E-state index contributed by atoms with van der Waals surface area (Å²) >= 11 is 0. The quantitative estimate of drug-likeness (QED) is 0.380. The van der Waals surface area contributed by atoms with Gasteiger partial charge in [-0.25, -0.2) is 0 Å². The highest BCUT2D eigenvalue weighted by Crippen LogP contribution is 2.15. The smallest absolute Gasteiger partial charge is 0.303 e. The van der Waals surface area contributed by atoms with Crippen LogP contribution in [0.1, 0.15) is 18.5 Å². The minimum atomic E-state index is -1.02. The van der Waals surface area contributed by atoms with E-state index in [0.717, 1.165) is 0 Å². The van der Waals surface area contributed by atoms with Crippen molar-refractivity contribution in [2.75, 3.05) is 6.61 Å². The highest BCUT2D eigenvalue weighted by molar-refractivity contribution is 5.66. The van der Waals surface area contributed by atoms with Crippen LogP contribution >= 0.6 is 0 Å². The van der Waals surface area contributed by atoms with Crippen LogP contribution in [0.3, 0.4) is 0 Å². The van der Waals surface area contributed by atoms with Crippen molar-refractivity contribution in [3.05, 3.63) is 11.9 Å². The first-order valence-electron chi connectivity index (χ1n) is 6.85. The SMILES string of the molecule is O=C(O)CCCc1cn(C[C@H]2N[C@H](CO)[C@@H](O)[C@@H]2O)nn1. The molecule has 9 nitrogen and oxygen atoms in total. The van der Waals surface area contributed by atoms with Crippen LogP contribution in [0.25, 0.3) is 0 Å². The lowest BCUT2D eigenvalue weighted by Gasteiger charge is -2.15. The molecule has 1 aromatic heterocycles. The van der Waals surface area contributed by atoms with Crippen molar-refractivity contribution in [2.45, 2.75) is 50.1 Å². The van der Waals surface area contributed by atoms with Crippen LogP contribution in [0.5, 0.6) is 0 Å². The van der Waals surface area contributed by atoms with Gasteiger partial charge in [-0.1, -0.05) is 5.21 Å². The van der Waals surface area contributed by atoms with E-state index in [-0.39, 0.29) is 13.0 Å². The molecule has 21 heavy (non-hydrogen) atoms. The minimum absolute atomic E-state index is 0.0835. The molecule has 9 heteroatoms. The van der Waals surface area contributed by atoms with Gasteiger partial charge in [-0.05, 0) is 12.8 Å². The molecule has 0 radical (unpaired) electrons. The third-order valence-electron chi connectivity index (χ3n) is 3.59. The number of nitrogens with zero attached hydrogens (tertiary/aromatic N) is 3. The van der Waals surface area contributed by atoms with Gasteiger partial charge in [-0.3, -0.25) is 9.48 Å². The van der Waals surface area contributed by atoms with Gasteiger partial charge in [-0.2, -0.15) is 0 Å². The van der Waals surface area contributed by atoms with Gasteiger partial charge in [-0.15, -0.1) is 5.10 Å². The number of hydrogen-bond acceptors (Lipinski definition) is 7. The maximum Gasteiger partial charge on any atom is 0.303 e. The molecule has 1 saturated heterocycles. The van der Waals surface area contributed by atoms with Crippen LogP contribution < -0.4 is 5.32 Å². The summed E-state index contributed by atoms with van der Waals surface area (Å²) in [6, 6.07) is -0.978. The molecule has 1 fully saturated rings. The second-order valence-corrected chi connectivity index (χ2v) is 5.22. The van der Waals surface area contributed by atoms with Gasteiger partial charge in [0.2, 0.25) is 0 Å². The van der Waals surface area contributed by atoms with Gasteiger partial charge in [0, 0.05) is 12.6 Å². The molecule has 0 unspecified atom stereocenters. The van der Waals surface area contributed by atoms with Crippen molar-refractivity contribution in [3.8, 4) is 0 Å². The Bertz CT molecular complexity index is 480. The zero-order valence-corrected chi connectivity index (χ0v) is 11.5. The van der Waals surface area contributed by atoms with Crippen LogP contribution in [0.4, 0.5) is 0 Å². The monoisotopic (exact) mass is 300 g/mol. The fourth-order valence-corrected chi connectivity index (χ4v) is 2.43. The number of carboxylic acids is 1. The second kappa shape index (κ2) is 6.94. The summed E-state index contributed by atoms with van der Waals surface area (Å²) in [5.41, 5.74) is 0.683. The summed E-state index contributed by atoms with van der Waals surface area (Å²) in [7, 11) is 0. The maximum atomic E-state index is 10.4. The Balaban J connectivity index is 1.86. The van der Waals surface area contributed by atoms with E-state index in [4.69, 9.17) is 10.2 Å². The molecule has 2 rings (SSSR count). The van der Waals surface area contributed by atoms with Crippen LogP contribution in [-0.4, -0.2) is 72.3 Å². The molecule has 0 bridgehead atoms. The van der Waals surface area contributed by atoms with E-state index in [0.29, 0.717) is 25.1 Å². The normalized spacial score (nSPS) is 28.9. The first-order valence-corrected chi connectivity index (χ1v) is 6.85. The molecule has 0 aromatic carbocycles. The van der Waals surface area contributed by atoms with E-state index >= 15 is 0 Å². The highest BCUT2D eigenvalue weighted by Gasteiger charge is 2.40. The Labute approximate surface area is 121 Å². The van der Waals surface area contributed by atoms with Crippen molar-refractivity contribution in [2.24, 2.45) is 0 Å². The van der Waals surface area contributed by atoms with Crippen molar-refractivity contribution in [3.63, 3.8) is 0 Å². The van der Waals surface area contributed by atoms with Gasteiger partial charge >= 0.3 is 5.97 Å². The van der Waals surface area contributed by atoms with Crippen LogP contribution in [-0.2, 0) is 17.8 Å². The van der Waals surface area contributed by atoms with E-state index < -0.39 is 30.3 Å². The molecule has 1 aliphatic rings. The number of nitrogens with one attached hydrogen (secondary N) is 1. The first kappa shape index (κ1) is 15.8. The Morgan fingerprint density at radius 3 is 2.67 bits per heavy atom. The van der Waals surface area contributed by atoms with E-state index in [1.165, 1.54) is 4.68 Å². The molecule has 5 N–H and O–H groups in total. The molecular weight excluding hydrogens is 280 g/mol. The lowest BCUT2D eigenvalue weighted by Crippen LogP contribution is -2.38. The number of aliphatic hydroxyl groups is 3. The molecule has 2 heterocycles. The average Bonchev–Trinajstić information content (AvgIpc) is 2.98. The Morgan fingerprint density at radius 1 is 1.33 bits per heavy atom. The highest BCUT2D eigenvalue weighted by atomic mass is 16.4. The first-order chi connectivity index (χ1) is 10.0. The van der Waals surface area contributed by atoms with E-state index in [1.807, 2.05) is 0 Å². The zero-order valence-electron chi connectivity index (χ0n) is 11.5. The van der Waals surface area contributed by atoms with Crippen LogP contribution in [0, 0.1) is 0 Å². The van der Waals surface area contributed by atoms with E-state index in [2.05, 4.69) is 15.6 Å². The Morgan fingerprint density at radius 2 is 2.05 bits per heavy atom. The molecular formula is C12H20N4O5. The fraction of sp³-hybridized carbons (Fsp3) is 0.750. The van der Waals surface area contributed by atoms with Crippen molar-refractivity contribution < 1.29 is 25.2 Å². The van der Waals surface area contributed by atoms with Gasteiger partial charge in [0.05, 0.1) is 43.1 Å². The van der Waals surface area contributed by atoms with Crippen molar-refractivity contribution >= 4 is 5.97 Å². The molecule has 1 aliphatic heterocycles. The van der Waals surface area contributed by atoms with Gasteiger partial charge < -0.3 is 25.7 Å². The van der Waals surface area contributed by atoms with Gasteiger partial charge in [0.15, 0.2) is 0 Å². The summed E-state index contributed by atoms with van der Waals surface area (Å²) in [6.07, 6.45) is 0.786. The summed E-state index contributed by atoms with van der Waals surface area (Å²) in [4.78, 5) is 10.4. The summed E-state index contributed by atoms with van der Waals surface area (Å²) in [5.74, 6) is -0.843. The molecule has 0 spiro atoms. The molecule has 4 atom stereocenters. The number of hydrogen-bond donors (Lipinski definition) is 5. The zero-order chi connectivity index (χ0) is 15.4.